The average molecular weight is 295 g/mol. The molecule has 1 saturated carbocycles. The van der Waals surface area contributed by atoms with Crippen molar-refractivity contribution in [1.29, 1.82) is 0 Å². The van der Waals surface area contributed by atoms with Crippen LogP contribution in [-0.4, -0.2) is 36.6 Å². The summed E-state index contributed by atoms with van der Waals surface area (Å²) in [5.74, 6) is 1.60. The van der Waals surface area contributed by atoms with Crippen LogP contribution in [0.15, 0.2) is 6.20 Å². The normalized spacial score (nSPS) is 23.1. The van der Waals surface area contributed by atoms with Crippen molar-refractivity contribution in [2.75, 3.05) is 20.8 Å². The monoisotopic (exact) mass is 295 g/mol. The number of nitrogens with zero attached hydrogens (tertiary/aromatic N) is 2. The topological polar surface area (TPSA) is 48.3 Å². The quantitative estimate of drug-likeness (QED) is 0.801. The molecule has 120 valence electrons. The lowest BCUT2D eigenvalue weighted by atomic mass is 9.77. The van der Waals surface area contributed by atoms with Gasteiger partial charge in [0.05, 0.1) is 31.1 Å². The smallest absolute Gasteiger partial charge is 0.161 e. The molecule has 0 aliphatic heterocycles. The van der Waals surface area contributed by atoms with Gasteiger partial charge < -0.3 is 14.8 Å². The molecule has 0 bridgehead atoms. The van der Waals surface area contributed by atoms with E-state index in [-0.39, 0.29) is 6.04 Å². The molecule has 0 amide bonds. The summed E-state index contributed by atoms with van der Waals surface area (Å²) in [6.45, 7) is 7.19. The molecular formula is C16H29N3O2. The second-order valence-corrected chi connectivity index (χ2v) is 6.13. The Balaban J connectivity index is 2.06. The Morgan fingerprint density at radius 2 is 2.14 bits per heavy atom. The molecule has 5 heteroatoms. The Bertz CT molecular complexity index is 439. The number of hydrogen-bond acceptors (Lipinski definition) is 4. The summed E-state index contributed by atoms with van der Waals surface area (Å²) in [6, 6.07) is 0.606. The molecule has 21 heavy (non-hydrogen) atoms. The summed E-state index contributed by atoms with van der Waals surface area (Å²) in [5.41, 5.74) is 1.16. The van der Waals surface area contributed by atoms with Crippen LogP contribution in [0.1, 0.15) is 57.8 Å². The highest BCUT2D eigenvalue weighted by Gasteiger charge is 2.33. The molecule has 0 radical (unpaired) electrons. The van der Waals surface area contributed by atoms with Crippen LogP contribution in [0.2, 0.25) is 0 Å². The molecule has 0 aromatic carbocycles. The van der Waals surface area contributed by atoms with E-state index in [0.29, 0.717) is 12.1 Å². The molecule has 0 spiro atoms. The van der Waals surface area contributed by atoms with Crippen LogP contribution in [0.3, 0.4) is 0 Å². The number of ether oxygens (including phenoxy) is 2. The van der Waals surface area contributed by atoms with Crippen molar-refractivity contribution in [2.45, 2.75) is 58.2 Å². The predicted molar refractivity (Wildman–Crippen MR) is 83.7 cm³/mol. The van der Waals surface area contributed by atoms with Crippen LogP contribution in [0, 0.1) is 5.92 Å². The summed E-state index contributed by atoms with van der Waals surface area (Å²) < 4.78 is 13.2. The standard InChI is InChI=1S/C16H29N3O2/c1-6-21-13-7-12(8-13)9-14(17-4)16-15(20-5)10-18-19(16)11(2)3/h10-14,17H,6-9H2,1-5H3. The van der Waals surface area contributed by atoms with E-state index < -0.39 is 0 Å². The van der Waals surface area contributed by atoms with Crippen LogP contribution in [0.5, 0.6) is 5.75 Å². The third-order valence-electron chi connectivity index (χ3n) is 4.35. The van der Waals surface area contributed by atoms with Crippen LogP contribution in [0.25, 0.3) is 0 Å². The van der Waals surface area contributed by atoms with E-state index in [1.54, 1.807) is 7.11 Å². The van der Waals surface area contributed by atoms with Crippen molar-refractivity contribution >= 4 is 0 Å². The van der Waals surface area contributed by atoms with E-state index in [0.717, 1.165) is 30.4 Å². The molecule has 1 aliphatic carbocycles. The second kappa shape index (κ2) is 7.27. The molecular weight excluding hydrogens is 266 g/mol. The number of nitrogens with one attached hydrogen (secondary N) is 1. The van der Waals surface area contributed by atoms with Crippen molar-refractivity contribution in [3.8, 4) is 5.75 Å². The third kappa shape index (κ3) is 3.58. The first-order chi connectivity index (χ1) is 10.1. The van der Waals surface area contributed by atoms with E-state index in [4.69, 9.17) is 9.47 Å². The van der Waals surface area contributed by atoms with Crippen molar-refractivity contribution in [3.63, 3.8) is 0 Å². The first-order valence-corrected chi connectivity index (χ1v) is 8.00. The molecule has 1 unspecified atom stereocenters. The van der Waals surface area contributed by atoms with Gasteiger partial charge in [0.2, 0.25) is 0 Å². The van der Waals surface area contributed by atoms with E-state index in [2.05, 4.69) is 35.9 Å². The number of rotatable bonds is 8. The number of methoxy groups -OCH3 is 1. The zero-order chi connectivity index (χ0) is 15.4. The molecule has 1 fully saturated rings. The van der Waals surface area contributed by atoms with Gasteiger partial charge in [0.1, 0.15) is 0 Å². The fraction of sp³-hybridized carbons (Fsp3) is 0.812. The predicted octanol–water partition coefficient (Wildman–Crippen LogP) is 2.94. The van der Waals surface area contributed by atoms with Crippen molar-refractivity contribution in [1.82, 2.24) is 15.1 Å². The fourth-order valence-electron chi connectivity index (χ4n) is 3.19. The molecule has 1 aromatic rings. The molecule has 0 saturated heterocycles. The lowest BCUT2D eigenvalue weighted by molar-refractivity contribution is -0.0292. The van der Waals surface area contributed by atoms with Crippen LogP contribution in [-0.2, 0) is 4.74 Å². The minimum Gasteiger partial charge on any atom is -0.493 e. The van der Waals surface area contributed by atoms with Gasteiger partial charge in [-0.15, -0.1) is 0 Å². The summed E-state index contributed by atoms with van der Waals surface area (Å²) >= 11 is 0. The Hall–Kier alpha value is -1.07. The molecule has 1 atom stereocenters. The van der Waals surface area contributed by atoms with Gasteiger partial charge in [-0.1, -0.05) is 0 Å². The maximum Gasteiger partial charge on any atom is 0.161 e. The highest BCUT2D eigenvalue weighted by molar-refractivity contribution is 5.29. The highest BCUT2D eigenvalue weighted by atomic mass is 16.5. The highest BCUT2D eigenvalue weighted by Crippen LogP contribution is 2.39. The largest absolute Gasteiger partial charge is 0.493 e. The van der Waals surface area contributed by atoms with Gasteiger partial charge in [-0.05, 0) is 53.0 Å². The van der Waals surface area contributed by atoms with Gasteiger partial charge in [0.15, 0.2) is 5.75 Å². The lowest BCUT2D eigenvalue weighted by Crippen LogP contribution is -2.34. The van der Waals surface area contributed by atoms with E-state index in [1.165, 1.54) is 12.8 Å². The minimum absolute atomic E-state index is 0.275. The lowest BCUT2D eigenvalue weighted by Gasteiger charge is -2.37. The molecule has 1 heterocycles. The molecule has 1 N–H and O–H groups in total. The fourth-order valence-corrected chi connectivity index (χ4v) is 3.19. The average Bonchev–Trinajstić information content (AvgIpc) is 2.85. The van der Waals surface area contributed by atoms with E-state index in [9.17, 15) is 0 Å². The van der Waals surface area contributed by atoms with Gasteiger partial charge in [-0.3, -0.25) is 4.68 Å². The number of aromatic nitrogens is 2. The SMILES string of the molecule is CCOC1CC(CC(NC)c2c(OC)cnn2C(C)C)C1. The molecule has 2 rings (SSSR count). The zero-order valence-corrected chi connectivity index (χ0v) is 13.9. The molecule has 1 aromatic heterocycles. The summed E-state index contributed by atoms with van der Waals surface area (Å²) in [7, 11) is 3.73. The van der Waals surface area contributed by atoms with Crippen LogP contribution >= 0.6 is 0 Å². The number of hydrogen-bond donors (Lipinski definition) is 1. The van der Waals surface area contributed by atoms with Gasteiger partial charge in [-0.2, -0.15) is 5.10 Å². The Morgan fingerprint density at radius 1 is 1.43 bits per heavy atom. The Labute approximate surface area is 128 Å². The molecule has 1 aliphatic rings. The van der Waals surface area contributed by atoms with Crippen molar-refractivity contribution < 1.29 is 9.47 Å². The Kier molecular flexibility index (Phi) is 5.65. The third-order valence-corrected chi connectivity index (χ3v) is 4.35. The van der Waals surface area contributed by atoms with Gasteiger partial charge in [0.25, 0.3) is 0 Å². The zero-order valence-electron chi connectivity index (χ0n) is 13.9. The second-order valence-electron chi connectivity index (χ2n) is 6.13. The van der Waals surface area contributed by atoms with Gasteiger partial charge in [0, 0.05) is 12.6 Å². The van der Waals surface area contributed by atoms with Gasteiger partial charge >= 0.3 is 0 Å². The summed E-state index contributed by atoms with van der Waals surface area (Å²) in [5, 5.41) is 7.92. The van der Waals surface area contributed by atoms with Crippen molar-refractivity contribution in [3.05, 3.63) is 11.9 Å². The first-order valence-electron chi connectivity index (χ1n) is 8.00. The van der Waals surface area contributed by atoms with E-state index in [1.807, 2.05) is 13.2 Å². The minimum atomic E-state index is 0.275. The van der Waals surface area contributed by atoms with Crippen molar-refractivity contribution in [2.24, 2.45) is 5.92 Å². The van der Waals surface area contributed by atoms with Crippen LogP contribution in [0.4, 0.5) is 0 Å². The maximum absolute atomic E-state index is 5.66. The molecule has 5 nitrogen and oxygen atoms in total. The maximum atomic E-state index is 5.66. The first kappa shape index (κ1) is 16.3. The summed E-state index contributed by atoms with van der Waals surface area (Å²) in [6.07, 6.45) is 5.74. The van der Waals surface area contributed by atoms with Crippen LogP contribution < -0.4 is 10.1 Å². The Morgan fingerprint density at radius 3 is 2.67 bits per heavy atom. The summed E-state index contributed by atoms with van der Waals surface area (Å²) in [4.78, 5) is 0. The van der Waals surface area contributed by atoms with E-state index >= 15 is 0 Å². The van der Waals surface area contributed by atoms with Gasteiger partial charge in [-0.25, -0.2) is 0 Å².